The van der Waals surface area contributed by atoms with Crippen LogP contribution in [0.2, 0.25) is 0 Å². The van der Waals surface area contributed by atoms with Gasteiger partial charge in [-0.15, -0.1) is 0 Å². The minimum Gasteiger partial charge on any atom is -0.497 e. The molecule has 2 heterocycles. The van der Waals surface area contributed by atoms with Gasteiger partial charge in [0.1, 0.15) is 11.7 Å². The quantitative estimate of drug-likeness (QED) is 0.716. The topological polar surface area (TPSA) is 115 Å². The molecule has 3 rings (SSSR count). The molecular formula is C17H21N5O3. The highest BCUT2D eigenvalue weighted by atomic mass is 16.5. The van der Waals surface area contributed by atoms with Crippen molar-refractivity contribution in [2.75, 3.05) is 19.0 Å². The molecule has 8 heteroatoms. The fraction of sp³-hybridized carbons (Fsp3) is 0.353. The van der Waals surface area contributed by atoms with Crippen LogP contribution in [-0.2, 0) is 11.2 Å². The molecule has 25 heavy (non-hydrogen) atoms. The highest BCUT2D eigenvalue weighted by molar-refractivity contribution is 5.82. The maximum absolute atomic E-state index is 12.1. The molecule has 0 saturated heterocycles. The molecule has 1 aromatic carbocycles. The zero-order valence-electron chi connectivity index (χ0n) is 14.0. The van der Waals surface area contributed by atoms with Crippen LogP contribution in [0.15, 0.2) is 36.5 Å². The van der Waals surface area contributed by atoms with Crippen molar-refractivity contribution in [2.45, 2.75) is 18.9 Å². The van der Waals surface area contributed by atoms with Gasteiger partial charge in [-0.3, -0.25) is 4.79 Å². The average molecular weight is 343 g/mol. The van der Waals surface area contributed by atoms with E-state index < -0.39 is 17.9 Å². The number of carbonyl (C=O) groups is 1. The van der Waals surface area contributed by atoms with Crippen LogP contribution in [0, 0.1) is 5.92 Å². The van der Waals surface area contributed by atoms with Gasteiger partial charge in [-0.1, -0.05) is 18.7 Å². The van der Waals surface area contributed by atoms with Gasteiger partial charge in [-0.25, -0.2) is 4.68 Å². The molecule has 1 aromatic heterocycles. The van der Waals surface area contributed by atoms with Gasteiger partial charge < -0.3 is 20.9 Å². The molecule has 0 radical (unpaired) electrons. The van der Waals surface area contributed by atoms with E-state index >= 15 is 0 Å². The number of primary amides is 1. The van der Waals surface area contributed by atoms with E-state index in [2.05, 4.69) is 22.0 Å². The fourth-order valence-corrected chi connectivity index (χ4v) is 3.03. The number of carbonyl (C=O) groups excluding carboxylic acids is 1. The van der Waals surface area contributed by atoms with Gasteiger partial charge in [0, 0.05) is 18.7 Å². The van der Waals surface area contributed by atoms with E-state index in [1.807, 2.05) is 24.3 Å². The van der Waals surface area contributed by atoms with Crippen molar-refractivity contribution in [3.05, 3.63) is 47.9 Å². The summed E-state index contributed by atoms with van der Waals surface area (Å²) >= 11 is 0. The largest absolute Gasteiger partial charge is 0.497 e. The summed E-state index contributed by atoms with van der Waals surface area (Å²) in [7, 11) is 1.58. The van der Waals surface area contributed by atoms with E-state index in [1.54, 1.807) is 11.8 Å². The predicted octanol–water partition coefficient (Wildman–Crippen LogP) is 0.842. The molecule has 1 amide bonds. The highest BCUT2D eigenvalue weighted by Crippen LogP contribution is 2.38. The third-order valence-corrected chi connectivity index (χ3v) is 4.20. The van der Waals surface area contributed by atoms with Crippen LogP contribution in [-0.4, -0.2) is 39.5 Å². The van der Waals surface area contributed by atoms with E-state index in [0.29, 0.717) is 36.1 Å². The van der Waals surface area contributed by atoms with Crippen LogP contribution < -0.4 is 15.8 Å². The minimum absolute atomic E-state index is 0.0627. The monoisotopic (exact) mass is 343 g/mol. The number of aliphatic hydroxyl groups is 1. The minimum atomic E-state index is -0.674. The molecule has 2 atom stereocenters. The number of amides is 1. The van der Waals surface area contributed by atoms with E-state index in [4.69, 9.17) is 15.6 Å². The van der Waals surface area contributed by atoms with Crippen molar-refractivity contribution in [1.82, 2.24) is 14.8 Å². The van der Waals surface area contributed by atoms with Crippen molar-refractivity contribution in [1.29, 1.82) is 0 Å². The highest BCUT2D eigenvalue weighted by Gasteiger charge is 2.39. The standard InChI is InChI=1S/C17H21N5O3/c1-10-14(16(18)24)15(11-5-3-6-12(9-11)25-2)22-17(19-10)20-13(21-22)7-4-8-23/h3,5-6,9,14-15,23H,1,4,7-8H2,2H3,(H2,18,24)(H,19,20,21)/t14-,15+/m0/s1. The number of aromatic nitrogens is 3. The Balaban J connectivity index is 2.09. The van der Waals surface area contributed by atoms with Gasteiger partial charge in [-0.05, 0) is 24.1 Å². The number of aliphatic hydroxyl groups excluding tert-OH is 1. The van der Waals surface area contributed by atoms with Gasteiger partial charge in [-0.2, -0.15) is 10.1 Å². The summed E-state index contributed by atoms with van der Waals surface area (Å²) in [6.07, 6.45) is 1.10. The number of ether oxygens (including phenoxy) is 1. The Morgan fingerprint density at radius 3 is 3.00 bits per heavy atom. The molecule has 1 aliphatic heterocycles. The number of hydrogen-bond donors (Lipinski definition) is 3. The number of anilines is 1. The van der Waals surface area contributed by atoms with Gasteiger partial charge in [0.25, 0.3) is 0 Å². The molecule has 8 nitrogen and oxygen atoms in total. The van der Waals surface area contributed by atoms with Crippen LogP contribution >= 0.6 is 0 Å². The number of nitrogens with zero attached hydrogens (tertiary/aromatic N) is 3. The molecule has 132 valence electrons. The first-order valence-electron chi connectivity index (χ1n) is 8.00. The van der Waals surface area contributed by atoms with Crippen molar-refractivity contribution >= 4 is 11.9 Å². The number of hydrogen-bond acceptors (Lipinski definition) is 6. The second-order valence-electron chi connectivity index (χ2n) is 5.88. The lowest BCUT2D eigenvalue weighted by Crippen LogP contribution is -2.40. The molecule has 1 aliphatic rings. The van der Waals surface area contributed by atoms with Gasteiger partial charge in [0.05, 0.1) is 13.2 Å². The van der Waals surface area contributed by atoms with Crippen LogP contribution in [0.25, 0.3) is 0 Å². The van der Waals surface area contributed by atoms with Gasteiger partial charge in [0.2, 0.25) is 11.9 Å². The first kappa shape index (κ1) is 17.0. The lowest BCUT2D eigenvalue weighted by atomic mass is 9.88. The maximum atomic E-state index is 12.1. The van der Waals surface area contributed by atoms with Gasteiger partial charge in [0.15, 0.2) is 5.82 Å². The third-order valence-electron chi connectivity index (χ3n) is 4.20. The lowest BCUT2D eigenvalue weighted by Gasteiger charge is -2.32. The van der Waals surface area contributed by atoms with Crippen LogP contribution in [0.3, 0.4) is 0 Å². The first-order valence-corrected chi connectivity index (χ1v) is 8.00. The summed E-state index contributed by atoms with van der Waals surface area (Å²) in [6.45, 7) is 4.00. The normalized spacial score (nSPS) is 19.2. The molecule has 4 N–H and O–H groups in total. The zero-order chi connectivity index (χ0) is 18.0. The van der Waals surface area contributed by atoms with Crippen molar-refractivity contribution in [3.8, 4) is 5.75 Å². The summed E-state index contributed by atoms with van der Waals surface area (Å²) in [5.74, 6) is 0.591. The molecule has 0 bridgehead atoms. The molecule has 0 spiro atoms. The number of rotatable bonds is 6. The zero-order valence-corrected chi connectivity index (χ0v) is 14.0. The predicted molar refractivity (Wildman–Crippen MR) is 92.0 cm³/mol. The Hall–Kier alpha value is -2.87. The molecule has 0 unspecified atom stereocenters. The lowest BCUT2D eigenvalue weighted by molar-refractivity contribution is -0.121. The van der Waals surface area contributed by atoms with E-state index in [1.165, 1.54) is 0 Å². The molecule has 0 aliphatic carbocycles. The fourth-order valence-electron chi connectivity index (χ4n) is 3.03. The van der Waals surface area contributed by atoms with Crippen LogP contribution in [0.5, 0.6) is 5.75 Å². The number of fused-ring (bicyclic) bond motifs is 1. The first-order chi connectivity index (χ1) is 12.0. The summed E-state index contributed by atoms with van der Waals surface area (Å²) < 4.78 is 6.95. The van der Waals surface area contributed by atoms with Crippen molar-refractivity contribution < 1.29 is 14.6 Å². The Bertz CT molecular complexity index is 801. The second kappa shape index (κ2) is 6.94. The van der Waals surface area contributed by atoms with E-state index in [0.717, 1.165) is 5.56 Å². The van der Waals surface area contributed by atoms with E-state index in [9.17, 15) is 4.79 Å². The Kier molecular flexibility index (Phi) is 4.71. The molecule has 2 aromatic rings. The Morgan fingerprint density at radius 2 is 2.32 bits per heavy atom. The smallest absolute Gasteiger partial charge is 0.229 e. The van der Waals surface area contributed by atoms with Crippen molar-refractivity contribution in [2.24, 2.45) is 11.7 Å². The van der Waals surface area contributed by atoms with E-state index in [-0.39, 0.29) is 6.61 Å². The average Bonchev–Trinajstić information content (AvgIpc) is 3.00. The summed E-state index contributed by atoms with van der Waals surface area (Å²) in [5, 5.41) is 16.5. The van der Waals surface area contributed by atoms with Crippen molar-refractivity contribution in [3.63, 3.8) is 0 Å². The summed E-state index contributed by atoms with van der Waals surface area (Å²) in [6, 6.07) is 6.94. The second-order valence-corrected chi connectivity index (χ2v) is 5.88. The number of nitrogens with one attached hydrogen (secondary N) is 1. The molecule has 0 saturated carbocycles. The van der Waals surface area contributed by atoms with Crippen LogP contribution in [0.1, 0.15) is 23.9 Å². The van der Waals surface area contributed by atoms with Gasteiger partial charge >= 0.3 is 0 Å². The summed E-state index contributed by atoms with van der Waals surface area (Å²) in [4.78, 5) is 16.5. The number of aryl methyl sites for hydroxylation is 1. The third kappa shape index (κ3) is 3.20. The summed E-state index contributed by atoms with van der Waals surface area (Å²) in [5.41, 5.74) is 6.94. The Morgan fingerprint density at radius 1 is 1.52 bits per heavy atom. The SMILES string of the molecule is C=C1Nc2nc(CCCO)nn2[C@H](c2cccc(OC)c2)[C@H]1C(N)=O. The number of methoxy groups -OCH3 is 1. The number of nitrogens with two attached hydrogens (primary N) is 1. The molecule has 0 fully saturated rings. The number of benzene rings is 1. The van der Waals surface area contributed by atoms with Crippen LogP contribution in [0.4, 0.5) is 5.95 Å². The molecular weight excluding hydrogens is 322 g/mol. The Labute approximate surface area is 145 Å². The maximum Gasteiger partial charge on any atom is 0.229 e.